The highest BCUT2D eigenvalue weighted by Crippen LogP contribution is 2.26. The topological polar surface area (TPSA) is 47.6 Å². The van der Waals surface area contributed by atoms with Crippen LogP contribution in [-0.2, 0) is 4.79 Å². The number of para-hydroxylation sites is 2. The van der Waals surface area contributed by atoms with E-state index in [1.54, 1.807) is 7.05 Å². The molecule has 1 rings (SSSR count). The van der Waals surface area contributed by atoms with Crippen molar-refractivity contribution in [3.63, 3.8) is 0 Å². The molecule has 0 aromatic heterocycles. The van der Waals surface area contributed by atoms with Gasteiger partial charge in [-0.05, 0) is 25.5 Å². The van der Waals surface area contributed by atoms with Gasteiger partial charge < -0.3 is 14.8 Å². The van der Waals surface area contributed by atoms with Crippen LogP contribution in [0.15, 0.2) is 24.3 Å². The fraction of sp³-hybridized carbons (Fsp3) is 0.462. The molecule has 0 aliphatic rings. The van der Waals surface area contributed by atoms with Crippen molar-refractivity contribution in [1.29, 1.82) is 0 Å². The van der Waals surface area contributed by atoms with E-state index in [-0.39, 0.29) is 5.91 Å². The van der Waals surface area contributed by atoms with Gasteiger partial charge in [0, 0.05) is 13.5 Å². The number of ether oxygens (including phenoxy) is 2. The fourth-order valence-corrected chi connectivity index (χ4v) is 1.38. The van der Waals surface area contributed by atoms with Gasteiger partial charge in [-0.1, -0.05) is 12.1 Å². The van der Waals surface area contributed by atoms with Crippen LogP contribution in [0.5, 0.6) is 11.5 Å². The van der Waals surface area contributed by atoms with Crippen LogP contribution in [0.4, 0.5) is 0 Å². The second-order valence-electron chi connectivity index (χ2n) is 3.50. The highest BCUT2D eigenvalue weighted by atomic mass is 16.5. The Labute approximate surface area is 102 Å². The fourth-order valence-electron chi connectivity index (χ4n) is 1.38. The summed E-state index contributed by atoms with van der Waals surface area (Å²) in [4.78, 5) is 11.0. The number of amides is 1. The first kappa shape index (κ1) is 13.4. The maximum absolute atomic E-state index is 11.0. The number of rotatable bonds is 7. The van der Waals surface area contributed by atoms with Gasteiger partial charge >= 0.3 is 0 Å². The molecule has 0 bridgehead atoms. The van der Waals surface area contributed by atoms with Crippen LogP contribution in [0.25, 0.3) is 0 Å². The SMILES string of the molecule is CCOc1ccccc1OCCCC(=O)NC. The Hall–Kier alpha value is -1.71. The lowest BCUT2D eigenvalue weighted by molar-refractivity contribution is -0.120. The molecule has 0 saturated heterocycles. The minimum absolute atomic E-state index is 0.0340. The number of hydrogen-bond donors (Lipinski definition) is 1. The van der Waals surface area contributed by atoms with E-state index in [2.05, 4.69) is 5.32 Å². The summed E-state index contributed by atoms with van der Waals surface area (Å²) in [6, 6.07) is 7.54. The van der Waals surface area contributed by atoms with Crippen LogP contribution >= 0.6 is 0 Å². The van der Waals surface area contributed by atoms with E-state index in [1.165, 1.54) is 0 Å². The van der Waals surface area contributed by atoms with Gasteiger partial charge in [-0.2, -0.15) is 0 Å². The molecular formula is C13H19NO3. The summed E-state index contributed by atoms with van der Waals surface area (Å²) < 4.78 is 11.0. The van der Waals surface area contributed by atoms with Gasteiger partial charge in [-0.15, -0.1) is 0 Å². The van der Waals surface area contributed by atoms with Crippen molar-refractivity contribution in [3.8, 4) is 11.5 Å². The molecule has 0 aliphatic heterocycles. The molecule has 0 saturated carbocycles. The second-order valence-corrected chi connectivity index (χ2v) is 3.50. The standard InChI is InChI=1S/C13H19NO3/c1-3-16-11-7-4-5-8-12(11)17-10-6-9-13(15)14-2/h4-5,7-8H,3,6,9-10H2,1-2H3,(H,14,15). The number of benzene rings is 1. The molecule has 1 amide bonds. The minimum Gasteiger partial charge on any atom is -0.490 e. The predicted molar refractivity (Wildman–Crippen MR) is 66.4 cm³/mol. The lowest BCUT2D eigenvalue weighted by atomic mass is 10.3. The molecular weight excluding hydrogens is 218 g/mol. The van der Waals surface area contributed by atoms with Crippen LogP contribution in [0.2, 0.25) is 0 Å². The third kappa shape index (κ3) is 4.76. The summed E-state index contributed by atoms with van der Waals surface area (Å²) in [6.45, 7) is 3.05. The van der Waals surface area contributed by atoms with Gasteiger partial charge in [-0.25, -0.2) is 0 Å². The lowest BCUT2D eigenvalue weighted by Crippen LogP contribution is -2.18. The monoisotopic (exact) mass is 237 g/mol. The minimum atomic E-state index is 0.0340. The largest absolute Gasteiger partial charge is 0.490 e. The first-order valence-electron chi connectivity index (χ1n) is 5.83. The van der Waals surface area contributed by atoms with Crippen LogP contribution in [0.1, 0.15) is 19.8 Å². The third-order valence-electron chi connectivity index (χ3n) is 2.23. The second kappa shape index (κ2) is 7.54. The van der Waals surface area contributed by atoms with Crippen molar-refractivity contribution in [2.45, 2.75) is 19.8 Å². The summed E-state index contributed by atoms with van der Waals surface area (Å²) in [5.74, 6) is 1.51. The Balaban J connectivity index is 2.38. The Morgan fingerprint density at radius 3 is 2.47 bits per heavy atom. The summed E-state index contributed by atoms with van der Waals surface area (Å²) in [5, 5.41) is 2.58. The van der Waals surface area contributed by atoms with E-state index in [1.807, 2.05) is 31.2 Å². The summed E-state index contributed by atoms with van der Waals surface area (Å²) in [6.07, 6.45) is 1.17. The molecule has 1 aromatic carbocycles. The molecule has 0 atom stereocenters. The molecule has 0 spiro atoms. The normalized spacial score (nSPS) is 9.76. The van der Waals surface area contributed by atoms with E-state index >= 15 is 0 Å². The number of hydrogen-bond acceptors (Lipinski definition) is 3. The predicted octanol–water partition coefficient (Wildman–Crippen LogP) is 1.99. The van der Waals surface area contributed by atoms with Gasteiger partial charge in [0.2, 0.25) is 5.91 Å². The van der Waals surface area contributed by atoms with Gasteiger partial charge in [-0.3, -0.25) is 4.79 Å². The molecule has 17 heavy (non-hydrogen) atoms. The average molecular weight is 237 g/mol. The Morgan fingerprint density at radius 2 is 1.88 bits per heavy atom. The molecule has 0 unspecified atom stereocenters. The average Bonchev–Trinajstić information content (AvgIpc) is 2.36. The van der Waals surface area contributed by atoms with Crippen LogP contribution in [0, 0.1) is 0 Å². The lowest BCUT2D eigenvalue weighted by Gasteiger charge is -2.11. The molecule has 4 nitrogen and oxygen atoms in total. The van der Waals surface area contributed by atoms with Crippen molar-refractivity contribution < 1.29 is 14.3 Å². The zero-order chi connectivity index (χ0) is 12.5. The number of carbonyl (C=O) groups is 1. The zero-order valence-corrected chi connectivity index (χ0v) is 10.4. The van der Waals surface area contributed by atoms with E-state index in [4.69, 9.17) is 9.47 Å². The molecule has 0 aliphatic carbocycles. The summed E-state index contributed by atoms with van der Waals surface area (Å²) in [7, 11) is 1.63. The van der Waals surface area contributed by atoms with Gasteiger partial charge in [0.15, 0.2) is 11.5 Å². The first-order chi connectivity index (χ1) is 8.27. The van der Waals surface area contributed by atoms with Crippen LogP contribution in [-0.4, -0.2) is 26.2 Å². The molecule has 4 heteroatoms. The summed E-state index contributed by atoms with van der Waals surface area (Å²) >= 11 is 0. The van der Waals surface area contributed by atoms with Crippen LogP contribution in [0.3, 0.4) is 0 Å². The first-order valence-corrected chi connectivity index (χ1v) is 5.83. The van der Waals surface area contributed by atoms with E-state index < -0.39 is 0 Å². The third-order valence-corrected chi connectivity index (χ3v) is 2.23. The molecule has 0 heterocycles. The molecule has 0 fully saturated rings. The quantitative estimate of drug-likeness (QED) is 0.738. The van der Waals surface area contributed by atoms with Gasteiger partial charge in [0.05, 0.1) is 13.2 Å². The molecule has 94 valence electrons. The smallest absolute Gasteiger partial charge is 0.219 e. The van der Waals surface area contributed by atoms with E-state index in [0.29, 0.717) is 26.1 Å². The number of nitrogens with one attached hydrogen (secondary N) is 1. The van der Waals surface area contributed by atoms with Crippen LogP contribution < -0.4 is 14.8 Å². The molecule has 0 radical (unpaired) electrons. The maximum atomic E-state index is 11.0. The highest BCUT2D eigenvalue weighted by molar-refractivity contribution is 5.75. The van der Waals surface area contributed by atoms with Crippen molar-refractivity contribution in [2.24, 2.45) is 0 Å². The number of carbonyl (C=O) groups excluding carboxylic acids is 1. The Bertz CT molecular complexity index is 352. The van der Waals surface area contributed by atoms with Gasteiger partial charge in [0.1, 0.15) is 0 Å². The van der Waals surface area contributed by atoms with E-state index in [9.17, 15) is 4.79 Å². The molecule has 1 aromatic rings. The maximum Gasteiger partial charge on any atom is 0.219 e. The van der Waals surface area contributed by atoms with Crippen molar-refractivity contribution in [2.75, 3.05) is 20.3 Å². The Kier molecular flexibility index (Phi) is 5.93. The highest BCUT2D eigenvalue weighted by Gasteiger charge is 2.03. The molecule has 1 N–H and O–H groups in total. The summed E-state index contributed by atoms with van der Waals surface area (Å²) in [5.41, 5.74) is 0. The van der Waals surface area contributed by atoms with Crippen molar-refractivity contribution in [3.05, 3.63) is 24.3 Å². The Morgan fingerprint density at radius 1 is 1.24 bits per heavy atom. The van der Waals surface area contributed by atoms with Crippen molar-refractivity contribution >= 4 is 5.91 Å². The van der Waals surface area contributed by atoms with E-state index in [0.717, 1.165) is 11.5 Å². The van der Waals surface area contributed by atoms with Crippen molar-refractivity contribution in [1.82, 2.24) is 5.32 Å². The van der Waals surface area contributed by atoms with Gasteiger partial charge in [0.25, 0.3) is 0 Å². The zero-order valence-electron chi connectivity index (χ0n) is 10.4.